The first-order valence-corrected chi connectivity index (χ1v) is 21.1. The number of piperidine rings is 2. The number of rotatable bonds is 14. The van der Waals surface area contributed by atoms with Gasteiger partial charge >= 0.3 is 0 Å². The van der Waals surface area contributed by atoms with Crippen molar-refractivity contribution in [1.82, 2.24) is 35.6 Å². The van der Waals surface area contributed by atoms with E-state index in [1.807, 2.05) is 5.01 Å². The molecular weight excluding hydrogens is 830 g/mol. The number of carbonyl (C=O) groups excluding carboxylic acids is 4. The van der Waals surface area contributed by atoms with Gasteiger partial charge in [0.1, 0.15) is 11.9 Å². The molecule has 19 heteroatoms. The molecule has 2 aromatic heterocycles. The molecule has 0 aliphatic carbocycles. The van der Waals surface area contributed by atoms with E-state index in [1.165, 1.54) is 24.3 Å². The number of nitrogens with one attached hydrogen (secondary N) is 6. The van der Waals surface area contributed by atoms with Gasteiger partial charge in [0.05, 0.1) is 23.6 Å². The summed E-state index contributed by atoms with van der Waals surface area (Å²) < 4.78 is 43.6. The normalized spacial score (nSPS) is 17.4. The molecule has 0 spiro atoms. The molecule has 0 saturated carbocycles. The van der Waals surface area contributed by atoms with Gasteiger partial charge in [-0.3, -0.25) is 34.8 Å². The van der Waals surface area contributed by atoms with E-state index in [1.54, 1.807) is 60.8 Å². The Morgan fingerprint density at radius 2 is 1.42 bits per heavy atom. The lowest BCUT2D eigenvalue weighted by Crippen LogP contribution is -2.48. The Hall–Kier alpha value is -7.12. The zero-order valence-corrected chi connectivity index (χ0v) is 34.8. The van der Waals surface area contributed by atoms with Crippen molar-refractivity contribution in [2.75, 3.05) is 72.0 Å². The quantitative estimate of drug-likeness (QED) is 0.0734. The maximum Gasteiger partial charge on any atom is 0.265 e. The van der Waals surface area contributed by atoms with E-state index in [-0.39, 0.29) is 47.8 Å². The third-order valence-electron chi connectivity index (χ3n) is 11.5. The summed E-state index contributed by atoms with van der Waals surface area (Å²) in [4.78, 5) is 66.1. The molecule has 6 N–H and O–H groups in total. The molecule has 4 amide bonds. The molecule has 3 aromatic carbocycles. The van der Waals surface area contributed by atoms with Gasteiger partial charge in [-0.2, -0.15) is 4.98 Å². The second-order valence-corrected chi connectivity index (χ2v) is 15.9. The first-order chi connectivity index (χ1) is 31.0. The standard InChI is InChI=1S/C45H47F3N12O4/c46-35-4-2-1-3-34(35)43(63)52-31-11-9-30(10-12-31)51-41-37(48)27-50-45(56-41)53-32-7-5-29(6-8-32)42(62)57-60-19-16-28(17-20-60)15-18-58-21-23-59(24-22-58)33-25-36(47)40(49-26-33)54-38-13-14-39(61)55-44(38)64/h1-12,25-28,38H,13-24H2,(H,49,54)(H,52,63)(H,57,62)(H,55,61,64)(H2,50,51,53,56). The van der Waals surface area contributed by atoms with Crippen LogP contribution in [0, 0.1) is 23.4 Å². The van der Waals surface area contributed by atoms with Crippen molar-refractivity contribution in [1.29, 1.82) is 0 Å². The third kappa shape index (κ3) is 11.1. The summed E-state index contributed by atoms with van der Waals surface area (Å²) in [6, 6.07) is 19.6. The minimum Gasteiger partial charge on any atom is -0.368 e. The van der Waals surface area contributed by atoms with E-state index in [0.717, 1.165) is 71.3 Å². The highest BCUT2D eigenvalue weighted by Gasteiger charge is 2.28. The Morgan fingerprint density at radius 1 is 0.719 bits per heavy atom. The number of hydrogen-bond acceptors (Lipinski definition) is 13. The van der Waals surface area contributed by atoms with Gasteiger partial charge in [0.15, 0.2) is 23.3 Å². The number of hydrogen-bond donors (Lipinski definition) is 6. The van der Waals surface area contributed by atoms with Crippen LogP contribution in [0.25, 0.3) is 0 Å². The zero-order chi connectivity index (χ0) is 44.6. The Morgan fingerprint density at radius 3 is 2.14 bits per heavy atom. The van der Waals surface area contributed by atoms with Crippen molar-refractivity contribution in [2.24, 2.45) is 5.92 Å². The summed E-state index contributed by atoms with van der Waals surface area (Å²) in [6.45, 7) is 5.62. The van der Waals surface area contributed by atoms with Gasteiger partial charge in [0, 0.05) is 74.4 Å². The SMILES string of the molecule is O=C1CCC(Nc2ncc(N3CCN(CCC4CCN(NC(=O)c5ccc(Nc6ncc(F)c(Nc7ccc(NC(=O)c8ccccc8F)cc7)n6)cc5)CC4)CC3)cc2F)C(=O)N1. The van der Waals surface area contributed by atoms with Crippen LogP contribution in [0.3, 0.4) is 0 Å². The average molecular weight is 877 g/mol. The summed E-state index contributed by atoms with van der Waals surface area (Å²) >= 11 is 0. The Balaban J connectivity index is 0.734. The van der Waals surface area contributed by atoms with Crippen LogP contribution in [0.4, 0.5) is 53.5 Å². The highest BCUT2D eigenvalue weighted by atomic mass is 19.1. The van der Waals surface area contributed by atoms with E-state index in [2.05, 4.69) is 56.8 Å². The molecule has 8 rings (SSSR count). The largest absolute Gasteiger partial charge is 0.368 e. The highest BCUT2D eigenvalue weighted by molar-refractivity contribution is 6.04. The van der Waals surface area contributed by atoms with Crippen molar-refractivity contribution in [3.63, 3.8) is 0 Å². The van der Waals surface area contributed by atoms with Crippen LogP contribution in [0.15, 0.2) is 91.3 Å². The van der Waals surface area contributed by atoms with Gasteiger partial charge in [-0.15, -0.1) is 0 Å². The van der Waals surface area contributed by atoms with Crippen LogP contribution in [-0.4, -0.2) is 100 Å². The molecule has 5 aromatic rings. The maximum atomic E-state index is 14.9. The third-order valence-corrected chi connectivity index (χ3v) is 11.5. The number of piperazine rings is 1. The van der Waals surface area contributed by atoms with Crippen LogP contribution in [0.5, 0.6) is 0 Å². The van der Waals surface area contributed by atoms with Crippen molar-refractivity contribution in [3.8, 4) is 0 Å². The number of carbonyl (C=O) groups is 4. The van der Waals surface area contributed by atoms with Gasteiger partial charge in [-0.25, -0.2) is 28.1 Å². The Kier molecular flexibility index (Phi) is 13.6. The number of anilines is 7. The summed E-state index contributed by atoms with van der Waals surface area (Å²) in [5.74, 6) is -2.91. The van der Waals surface area contributed by atoms with Crippen LogP contribution in [0.2, 0.25) is 0 Å². The van der Waals surface area contributed by atoms with Crippen molar-refractivity contribution < 1.29 is 32.3 Å². The van der Waals surface area contributed by atoms with E-state index in [9.17, 15) is 32.3 Å². The number of hydrazine groups is 1. The molecule has 3 aliphatic rings. The molecule has 3 fully saturated rings. The molecule has 1 atom stereocenters. The summed E-state index contributed by atoms with van der Waals surface area (Å²) in [5.41, 5.74) is 5.60. The molecule has 16 nitrogen and oxygen atoms in total. The number of halogens is 3. The van der Waals surface area contributed by atoms with Crippen molar-refractivity contribution >= 4 is 64.0 Å². The second kappa shape index (κ2) is 19.9. The molecular formula is C45H47F3N12O4. The van der Waals surface area contributed by atoms with Gasteiger partial charge in [0.2, 0.25) is 17.8 Å². The van der Waals surface area contributed by atoms with E-state index in [4.69, 9.17) is 0 Å². The average Bonchev–Trinajstić information content (AvgIpc) is 3.30. The van der Waals surface area contributed by atoms with E-state index >= 15 is 0 Å². The van der Waals surface area contributed by atoms with Gasteiger partial charge in [-0.1, -0.05) is 12.1 Å². The lowest BCUT2D eigenvalue weighted by molar-refractivity contribution is -0.133. The molecule has 1 unspecified atom stereocenters. The van der Waals surface area contributed by atoms with Crippen LogP contribution >= 0.6 is 0 Å². The van der Waals surface area contributed by atoms with Crippen LogP contribution in [-0.2, 0) is 9.59 Å². The second-order valence-electron chi connectivity index (χ2n) is 15.9. The molecule has 64 heavy (non-hydrogen) atoms. The first kappa shape index (κ1) is 43.5. The maximum absolute atomic E-state index is 14.9. The molecule has 332 valence electrons. The van der Waals surface area contributed by atoms with Crippen molar-refractivity contribution in [2.45, 2.75) is 38.1 Å². The fraction of sp³-hybridized carbons (Fsp3) is 0.311. The Labute approximate surface area is 367 Å². The number of nitrogens with zero attached hydrogens (tertiary/aromatic N) is 6. The lowest BCUT2D eigenvalue weighted by Gasteiger charge is -2.37. The zero-order valence-electron chi connectivity index (χ0n) is 34.8. The molecule has 3 aliphatic heterocycles. The van der Waals surface area contributed by atoms with Crippen LogP contribution in [0.1, 0.15) is 52.8 Å². The minimum absolute atomic E-state index is 0.00639. The molecule has 0 bridgehead atoms. The van der Waals surface area contributed by atoms with Crippen molar-refractivity contribution in [3.05, 3.63) is 120 Å². The number of imide groups is 1. The Bertz CT molecular complexity index is 2480. The molecule has 0 radical (unpaired) electrons. The predicted molar refractivity (Wildman–Crippen MR) is 235 cm³/mol. The number of amides is 4. The van der Waals surface area contributed by atoms with E-state index < -0.39 is 35.3 Å². The van der Waals surface area contributed by atoms with E-state index in [0.29, 0.717) is 34.2 Å². The minimum atomic E-state index is -0.705. The fourth-order valence-electron chi connectivity index (χ4n) is 7.81. The predicted octanol–water partition coefficient (Wildman–Crippen LogP) is 5.81. The monoisotopic (exact) mass is 876 g/mol. The van der Waals surface area contributed by atoms with Gasteiger partial charge in [0.25, 0.3) is 11.8 Å². The van der Waals surface area contributed by atoms with Crippen LogP contribution < -0.4 is 36.9 Å². The lowest BCUT2D eigenvalue weighted by atomic mass is 9.94. The topological polar surface area (TPSA) is 189 Å². The molecule has 5 heterocycles. The fourth-order valence-corrected chi connectivity index (χ4v) is 7.81. The first-order valence-electron chi connectivity index (χ1n) is 21.1. The summed E-state index contributed by atoms with van der Waals surface area (Å²) in [5, 5.41) is 15.6. The number of aromatic nitrogens is 3. The summed E-state index contributed by atoms with van der Waals surface area (Å²) in [6.07, 6.45) is 6.10. The highest BCUT2D eigenvalue weighted by Crippen LogP contribution is 2.26. The van der Waals surface area contributed by atoms with Gasteiger partial charge in [-0.05, 0) is 98.8 Å². The number of benzene rings is 3. The van der Waals surface area contributed by atoms with Gasteiger partial charge < -0.3 is 26.2 Å². The summed E-state index contributed by atoms with van der Waals surface area (Å²) in [7, 11) is 0. The number of pyridine rings is 1. The smallest absolute Gasteiger partial charge is 0.265 e. The molecule has 3 saturated heterocycles.